The monoisotopic (exact) mass is 298 g/mol. The second-order valence-corrected chi connectivity index (χ2v) is 4.73. The summed E-state index contributed by atoms with van der Waals surface area (Å²) in [5.74, 6) is -1.61. The van der Waals surface area contributed by atoms with E-state index >= 15 is 0 Å². The van der Waals surface area contributed by atoms with Gasteiger partial charge in [0.25, 0.3) is 0 Å². The Morgan fingerprint density at radius 1 is 1.43 bits per heavy atom. The van der Waals surface area contributed by atoms with Crippen LogP contribution in [0.4, 0.5) is 9.18 Å². The summed E-state index contributed by atoms with van der Waals surface area (Å²) in [5.41, 5.74) is -1.12. The average Bonchev–Trinajstić information content (AvgIpc) is 2.45. The van der Waals surface area contributed by atoms with Gasteiger partial charge in [-0.25, -0.2) is 14.0 Å². The molecule has 6 nitrogen and oxygen atoms in total. The zero-order valence-corrected chi connectivity index (χ0v) is 12.2. The van der Waals surface area contributed by atoms with E-state index in [0.29, 0.717) is 0 Å². The van der Waals surface area contributed by atoms with Gasteiger partial charge in [-0.05, 0) is 19.4 Å². The van der Waals surface area contributed by atoms with E-state index in [0.717, 1.165) is 0 Å². The Hall–Kier alpha value is -2.31. The van der Waals surface area contributed by atoms with Crippen LogP contribution in [0.5, 0.6) is 5.75 Å². The van der Waals surface area contributed by atoms with Gasteiger partial charge < -0.3 is 20.5 Å². The molecular formula is C14H19FN2O4. The number of nitrogens with one attached hydrogen (secondary N) is 2. The third kappa shape index (κ3) is 4.08. The normalized spacial score (nSPS) is 13.1. The Labute approximate surface area is 122 Å². The van der Waals surface area contributed by atoms with Crippen LogP contribution < -0.4 is 15.4 Å². The number of halogens is 1. The van der Waals surface area contributed by atoms with Gasteiger partial charge in [0, 0.05) is 12.1 Å². The minimum Gasteiger partial charge on any atom is -0.494 e. The Kier molecular flexibility index (Phi) is 5.52. The molecule has 0 aliphatic carbocycles. The van der Waals surface area contributed by atoms with Crippen molar-refractivity contribution < 1.29 is 23.8 Å². The van der Waals surface area contributed by atoms with Crippen molar-refractivity contribution in [3.63, 3.8) is 0 Å². The van der Waals surface area contributed by atoms with E-state index in [-0.39, 0.29) is 24.3 Å². The molecule has 1 aromatic rings. The number of carboxylic acid groups (broad SMARTS) is 1. The van der Waals surface area contributed by atoms with E-state index in [1.165, 1.54) is 26.2 Å². The van der Waals surface area contributed by atoms with Gasteiger partial charge >= 0.3 is 12.0 Å². The molecule has 1 rings (SSSR count). The molecule has 3 N–H and O–H groups in total. The van der Waals surface area contributed by atoms with Crippen LogP contribution in [-0.4, -0.2) is 29.8 Å². The number of ether oxygens (including phenoxy) is 1. The highest BCUT2D eigenvalue weighted by molar-refractivity contribution is 5.85. The van der Waals surface area contributed by atoms with Crippen LogP contribution in [0.1, 0.15) is 25.8 Å². The zero-order chi connectivity index (χ0) is 16.0. The molecule has 0 bridgehead atoms. The summed E-state index contributed by atoms with van der Waals surface area (Å²) in [6.45, 7) is 2.98. The molecule has 0 fully saturated rings. The van der Waals surface area contributed by atoms with E-state index in [1.54, 1.807) is 13.0 Å². The molecule has 0 aliphatic heterocycles. The number of hydrogen-bond acceptors (Lipinski definition) is 3. The first kappa shape index (κ1) is 16.7. The van der Waals surface area contributed by atoms with Gasteiger partial charge in [0.15, 0.2) is 11.6 Å². The Morgan fingerprint density at radius 2 is 2.10 bits per heavy atom. The molecule has 116 valence electrons. The fraction of sp³-hybridized carbons (Fsp3) is 0.429. The Balaban J connectivity index is 2.68. The molecule has 2 amide bonds. The number of methoxy groups -OCH3 is 1. The minimum absolute atomic E-state index is 0.0751. The standard InChI is InChI=1S/C14H19FN2O4/c1-4-14(2,12(18)19)17-13(20)16-8-9-6-5-7-10(21-3)11(9)15/h5-7H,4,8H2,1-3H3,(H,18,19)(H2,16,17,20). The number of amides is 2. The van der Waals surface area contributed by atoms with Crippen molar-refractivity contribution in [2.24, 2.45) is 0 Å². The summed E-state index contributed by atoms with van der Waals surface area (Å²) >= 11 is 0. The van der Waals surface area contributed by atoms with Crippen molar-refractivity contribution >= 4 is 12.0 Å². The van der Waals surface area contributed by atoms with Gasteiger partial charge in [-0.15, -0.1) is 0 Å². The lowest BCUT2D eigenvalue weighted by atomic mass is 10.00. The van der Waals surface area contributed by atoms with Crippen LogP contribution in [-0.2, 0) is 11.3 Å². The summed E-state index contributed by atoms with van der Waals surface area (Å²) < 4.78 is 18.7. The number of rotatable bonds is 6. The summed E-state index contributed by atoms with van der Waals surface area (Å²) in [7, 11) is 1.35. The largest absolute Gasteiger partial charge is 0.494 e. The first-order valence-electron chi connectivity index (χ1n) is 6.44. The number of benzene rings is 1. The van der Waals surface area contributed by atoms with E-state index in [1.807, 2.05) is 0 Å². The number of carbonyl (C=O) groups is 2. The molecule has 0 saturated carbocycles. The van der Waals surface area contributed by atoms with Gasteiger partial charge in [0.1, 0.15) is 5.54 Å². The molecule has 0 spiro atoms. The van der Waals surface area contributed by atoms with E-state index in [2.05, 4.69) is 10.6 Å². The summed E-state index contributed by atoms with van der Waals surface area (Å²) in [6, 6.07) is 3.90. The minimum atomic E-state index is -1.36. The first-order valence-corrected chi connectivity index (χ1v) is 6.44. The maximum absolute atomic E-state index is 13.9. The summed E-state index contributed by atoms with van der Waals surface area (Å²) in [4.78, 5) is 22.8. The molecule has 1 unspecified atom stereocenters. The summed E-state index contributed by atoms with van der Waals surface area (Å²) in [6.07, 6.45) is 0.225. The molecule has 7 heteroatoms. The van der Waals surface area contributed by atoms with Crippen LogP contribution in [0.15, 0.2) is 18.2 Å². The topological polar surface area (TPSA) is 87.7 Å². The van der Waals surface area contributed by atoms with Crippen LogP contribution >= 0.6 is 0 Å². The highest BCUT2D eigenvalue weighted by atomic mass is 19.1. The van der Waals surface area contributed by atoms with Gasteiger partial charge in [0.05, 0.1) is 7.11 Å². The summed E-state index contributed by atoms with van der Waals surface area (Å²) in [5, 5.41) is 13.8. The maximum Gasteiger partial charge on any atom is 0.329 e. The molecule has 1 aromatic carbocycles. The lowest BCUT2D eigenvalue weighted by molar-refractivity contribution is -0.143. The molecule has 0 saturated heterocycles. The van der Waals surface area contributed by atoms with Crippen molar-refractivity contribution in [3.05, 3.63) is 29.6 Å². The number of carboxylic acids is 1. The predicted octanol–water partition coefficient (Wildman–Crippen LogP) is 1.89. The van der Waals surface area contributed by atoms with Gasteiger partial charge in [-0.1, -0.05) is 19.1 Å². The maximum atomic E-state index is 13.9. The highest BCUT2D eigenvalue weighted by Gasteiger charge is 2.32. The highest BCUT2D eigenvalue weighted by Crippen LogP contribution is 2.19. The second kappa shape index (κ2) is 6.92. The van der Waals surface area contributed by atoms with Crippen LogP contribution in [0.3, 0.4) is 0 Å². The molecule has 21 heavy (non-hydrogen) atoms. The number of aliphatic carboxylic acids is 1. The Bertz CT molecular complexity index is 536. The zero-order valence-electron chi connectivity index (χ0n) is 12.2. The van der Waals surface area contributed by atoms with Crippen LogP contribution in [0, 0.1) is 5.82 Å². The van der Waals surface area contributed by atoms with Gasteiger partial charge in [-0.3, -0.25) is 0 Å². The van der Waals surface area contributed by atoms with Crippen molar-refractivity contribution in [2.45, 2.75) is 32.4 Å². The fourth-order valence-electron chi connectivity index (χ4n) is 1.61. The molecule has 0 aliphatic rings. The second-order valence-electron chi connectivity index (χ2n) is 4.73. The molecule has 0 heterocycles. The fourth-order valence-corrected chi connectivity index (χ4v) is 1.61. The first-order chi connectivity index (χ1) is 9.84. The molecule has 0 aromatic heterocycles. The molecular weight excluding hydrogens is 279 g/mol. The van der Waals surface area contributed by atoms with E-state index < -0.39 is 23.4 Å². The van der Waals surface area contributed by atoms with Crippen LogP contribution in [0.25, 0.3) is 0 Å². The van der Waals surface area contributed by atoms with Gasteiger partial charge in [-0.2, -0.15) is 0 Å². The number of carbonyl (C=O) groups excluding carboxylic acids is 1. The lowest BCUT2D eigenvalue weighted by Gasteiger charge is -2.24. The van der Waals surface area contributed by atoms with Crippen LogP contribution in [0.2, 0.25) is 0 Å². The van der Waals surface area contributed by atoms with Crippen molar-refractivity contribution in [1.82, 2.24) is 10.6 Å². The lowest BCUT2D eigenvalue weighted by Crippen LogP contribution is -2.54. The van der Waals surface area contributed by atoms with E-state index in [4.69, 9.17) is 9.84 Å². The molecule has 1 atom stereocenters. The predicted molar refractivity (Wildman–Crippen MR) is 74.7 cm³/mol. The van der Waals surface area contributed by atoms with Crippen molar-refractivity contribution in [1.29, 1.82) is 0 Å². The van der Waals surface area contributed by atoms with E-state index in [9.17, 15) is 14.0 Å². The van der Waals surface area contributed by atoms with Gasteiger partial charge in [0.2, 0.25) is 0 Å². The molecule has 0 radical (unpaired) electrons. The third-order valence-corrected chi connectivity index (χ3v) is 3.27. The smallest absolute Gasteiger partial charge is 0.329 e. The van der Waals surface area contributed by atoms with Crippen molar-refractivity contribution in [2.75, 3.05) is 7.11 Å². The Morgan fingerprint density at radius 3 is 2.62 bits per heavy atom. The SMILES string of the molecule is CCC(C)(NC(=O)NCc1cccc(OC)c1F)C(=O)O. The van der Waals surface area contributed by atoms with Crippen molar-refractivity contribution in [3.8, 4) is 5.75 Å². The average molecular weight is 298 g/mol. The number of hydrogen-bond donors (Lipinski definition) is 3. The number of urea groups is 1. The third-order valence-electron chi connectivity index (χ3n) is 3.27. The quantitative estimate of drug-likeness (QED) is 0.748.